The summed E-state index contributed by atoms with van der Waals surface area (Å²) in [6, 6.07) is 0.670. The van der Waals surface area contributed by atoms with Gasteiger partial charge in [0.2, 0.25) is 0 Å². The normalized spacial score (nSPS) is 26.1. The summed E-state index contributed by atoms with van der Waals surface area (Å²) in [5.41, 5.74) is -0.0657. The predicted octanol–water partition coefficient (Wildman–Crippen LogP) is 0.907. The van der Waals surface area contributed by atoms with E-state index in [4.69, 9.17) is 0 Å². The van der Waals surface area contributed by atoms with Crippen LogP contribution in [0.2, 0.25) is 0 Å². The first-order chi connectivity index (χ1) is 9.11. The first kappa shape index (κ1) is 15.2. The molecule has 4 nitrogen and oxygen atoms in total. The van der Waals surface area contributed by atoms with E-state index in [9.17, 15) is 5.11 Å². The second-order valence-corrected chi connectivity index (χ2v) is 6.74. The molecule has 0 amide bonds. The maximum atomic E-state index is 9.60. The van der Waals surface area contributed by atoms with Crippen LogP contribution in [0.5, 0.6) is 0 Å². The minimum atomic E-state index is -0.0657. The summed E-state index contributed by atoms with van der Waals surface area (Å²) in [6.07, 6.45) is 6.11. The Morgan fingerprint density at radius 1 is 1.21 bits per heavy atom. The Bertz CT molecular complexity index is 270. The summed E-state index contributed by atoms with van der Waals surface area (Å²) in [5, 5.41) is 13.2. The lowest BCUT2D eigenvalue weighted by Crippen LogP contribution is -2.47. The molecule has 1 aliphatic carbocycles. The molecule has 1 saturated carbocycles. The highest BCUT2D eigenvalue weighted by atomic mass is 16.3. The number of hydrogen-bond acceptors (Lipinski definition) is 4. The number of likely N-dealkylation sites (N-methyl/N-ethyl adjacent to an activating group) is 1. The van der Waals surface area contributed by atoms with Gasteiger partial charge in [-0.2, -0.15) is 0 Å². The predicted molar refractivity (Wildman–Crippen MR) is 79.4 cm³/mol. The van der Waals surface area contributed by atoms with E-state index in [2.05, 4.69) is 29.1 Å². The average Bonchev–Trinajstić information content (AvgIpc) is 3.19. The number of nitrogens with one attached hydrogen (secondary N) is 1. The van der Waals surface area contributed by atoms with Crippen molar-refractivity contribution >= 4 is 0 Å². The van der Waals surface area contributed by atoms with Crippen molar-refractivity contribution in [3.63, 3.8) is 0 Å². The van der Waals surface area contributed by atoms with Crippen molar-refractivity contribution < 1.29 is 5.11 Å². The van der Waals surface area contributed by atoms with Gasteiger partial charge in [-0.25, -0.2) is 0 Å². The summed E-state index contributed by atoms with van der Waals surface area (Å²) < 4.78 is 0. The first-order valence-corrected chi connectivity index (χ1v) is 7.91. The molecule has 1 heterocycles. The highest BCUT2D eigenvalue weighted by Crippen LogP contribution is 2.24. The molecule has 0 aromatic carbocycles. The number of aliphatic hydroxyl groups excluding tert-OH is 1. The zero-order valence-corrected chi connectivity index (χ0v) is 12.7. The highest BCUT2D eigenvalue weighted by molar-refractivity contribution is 4.92. The fourth-order valence-corrected chi connectivity index (χ4v) is 2.93. The largest absolute Gasteiger partial charge is 0.394 e. The molecule has 2 rings (SSSR count). The van der Waals surface area contributed by atoms with Crippen molar-refractivity contribution in [2.45, 2.75) is 50.6 Å². The van der Waals surface area contributed by atoms with Crippen LogP contribution >= 0.6 is 0 Å². The number of nitrogens with zero attached hydrogens (tertiary/aromatic N) is 2. The average molecular weight is 269 g/mol. The van der Waals surface area contributed by atoms with Gasteiger partial charge in [-0.15, -0.1) is 0 Å². The van der Waals surface area contributed by atoms with Gasteiger partial charge in [-0.3, -0.25) is 0 Å². The molecule has 0 radical (unpaired) electrons. The molecule has 112 valence electrons. The molecule has 0 bridgehead atoms. The molecule has 2 aliphatic rings. The Balaban J connectivity index is 1.66. The van der Waals surface area contributed by atoms with Crippen molar-refractivity contribution in [3.8, 4) is 0 Å². The van der Waals surface area contributed by atoms with Gasteiger partial charge < -0.3 is 20.2 Å². The van der Waals surface area contributed by atoms with Crippen LogP contribution in [0, 0.1) is 0 Å². The van der Waals surface area contributed by atoms with Crippen molar-refractivity contribution in [1.29, 1.82) is 0 Å². The van der Waals surface area contributed by atoms with E-state index < -0.39 is 0 Å². The zero-order chi connectivity index (χ0) is 13.7. The minimum Gasteiger partial charge on any atom is -0.394 e. The number of aliphatic hydroxyl groups is 1. The van der Waals surface area contributed by atoms with Gasteiger partial charge in [-0.1, -0.05) is 0 Å². The third kappa shape index (κ3) is 5.38. The van der Waals surface area contributed by atoms with Gasteiger partial charge in [0.05, 0.1) is 6.61 Å². The molecule has 1 aliphatic heterocycles. The Morgan fingerprint density at radius 2 is 2.00 bits per heavy atom. The van der Waals surface area contributed by atoms with Crippen LogP contribution in [-0.2, 0) is 0 Å². The van der Waals surface area contributed by atoms with Crippen molar-refractivity contribution in [3.05, 3.63) is 0 Å². The summed E-state index contributed by atoms with van der Waals surface area (Å²) in [5.74, 6) is 0. The van der Waals surface area contributed by atoms with Crippen LogP contribution in [0.4, 0.5) is 0 Å². The van der Waals surface area contributed by atoms with Gasteiger partial charge in [0.1, 0.15) is 0 Å². The summed E-state index contributed by atoms with van der Waals surface area (Å²) >= 11 is 0. The van der Waals surface area contributed by atoms with E-state index in [1.807, 2.05) is 0 Å². The second-order valence-electron chi connectivity index (χ2n) is 6.74. The lowest BCUT2D eigenvalue weighted by Gasteiger charge is -2.30. The maximum absolute atomic E-state index is 9.60. The smallest absolute Gasteiger partial charge is 0.0610 e. The highest BCUT2D eigenvalue weighted by Gasteiger charge is 2.31. The topological polar surface area (TPSA) is 38.7 Å². The Hall–Kier alpha value is -0.160. The second kappa shape index (κ2) is 7.02. The lowest BCUT2D eigenvalue weighted by atomic mass is 9.96. The molecule has 4 heteroatoms. The van der Waals surface area contributed by atoms with Crippen LogP contribution < -0.4 is 5.32 Å². The first-order valence-electron chi connectivity index (χ1n) is 7.91. The Kier molecular flexibility index (Phi) is 5.63. The van der Waals surface area contributed by atoms with Crippen LogP contribution in [0.1, 0.15) is 39.0 Å². The molecule has 1 saturated heterocycles. The Morgan fingerprint density at radius 3 is 2.68 bits per heavy atom. The van der Waals surface area contributed by atoms with Crippen LogP contribution in [0.15, 0.2) is 0 Å². The summed E-state index contributed by atoms with van der Waals surface area (Å²) in [7, 11) is 2.21. The van der Waals surface area contributed by atoms with E-state index in [0.717, 1.165) is 6.42 Å². The summed E-state index contributed by atoms with van der Waals surface area (Å²) in [4.78, 5) is 5.00. The standard InChI is InChI=1S/C15H31N3O/c1-15(13-19,16-14-5-6-14)7-3-9-18-10-4-8-17(2)11-12-18/h14,16,19H,3-13H2,1-2H3. The van der Waals surface area contributed by atoms with Gasteiger partial charge in [0.25, 0.3) is 0 Å². The number of hydrogen-bond donors (Lipinski definition) is 2. The fourth-order valence-electron chi connectivity index (χ4n) is 2.93. The molecule has 1 atom stereocenters. The molecule has 2 N–H and O–H groups in total. The third-order valence-corrected chi connectivity index (χ3v) is 4.49. The van der Waals surface area contributed by atoms with Gasteiger partial charge >= 0.3 is 0 Å². The SMILES string of the molecule is CN1CCCN(CCCC(C)(CO)NC2CC2)CC1. The number of rotatable bonds is 7. The third-order valence-electron chi connectivity index (χ3n) is 4.49. The minimum absolute atomic E-state index is 0.0657. The molecular formula is C15H31N3O. The van der Waals surface area contributed by atoms with E-state index in [1.165, 1.54) is 58.4 Å². The van der Waals surface area contributed by atoms with Crippen molar-refractivity contribution in [1.82, 2.24) is 15.1 Å². The van der Waals surface area contributed by atoms with E-state index >= 15 is 0 Å². The maximum Gasteiger partial charge on any atom is 0.0610 e. The van der Waals surface area contributed by atoms with E-state index in [1.54, 1.807) is 0 Å². The summed E-state index contributed by atoms with van der Waals surface area (Å²) in [6.45, 7) is 8.45. The molecule has 2 fully saturated rings. The zero-order valence-electron chi connectivity index (χ0n) is 12.7. The lowest BCUT2D eigenvalue weighted by molar-refractivity contribution is 0.155. The van der Waals surface area contributed by atoms with Crippen molar-refractivity contribution in [2.24, 2.45) is 0 Å². The quantitative estimate of drug-likeness (QED) is 0.720. The Labute approximate surface area is 118 Å². The fraction of sp³-hybridized carbons (Fsp3) is 1.00. The van der Waals surface area contributed by atoms with Crippen molar-refractivity contribution in [2.75, 3.05) is 46.4 Å². The monoisotopic (exact) mass is 269 g/mol. The molecule has 0 spiro atoms. The molecule has 0 aromatic rings. The van der Waals surface area contributed by atoms with E-state index in [0.29, 0.717) is 6.04 Å². The molecule has 19 heavy (non-hydrogen) atoms. The van der Waals surface area contributed by atoms with Crippen LogP contribution in [0.25, 0.3) is 0 Å². The van der Waals surface area contributed by atoms with Crippen LogP contribution in [0.3, 0.4) is 0 Å². The van der Waals surface area contributed by atoms with Gasteiger partial charge in [0, 0.05) is 24.7 Å². The molecular weight excluding hydrogens is 238 g/mol. The van der Waals surface area contributed by atoms with Gasteiger partial charge in [0.15, 0.2) is 0 Å². The molecule has 1 unspecified atom stereocenters. The molecule has 0 aromatic heterocycles. The van der Waals surface area contributed by atoms with Crippen LogP contribution in [-0.4, -0.2) is 72.9 Å². The van der Waals surface area contributed by atoms with E-state index in [-0.39, 0.29) is 12.1 Å². The van der Waals surface area contributed by atoms with Gasteiger partial charge in [-0.05, 0) is 65.7 Å².